The van der Waals surface area contributed by atoms with Gasteiger partial charge in [-0.15, -0.1) is 0 Å². The standard InChI is InChI=1S/C16H24O4/c1-11-5-3-4-6-12(11)9-14(13(17)18-2)7-8-15-16(10-14,19-15)20-15/h11-12H,3-10H2,1-2H3. The molecule has 0 bridgehead atoms. The van der Waals surface area contributed by atoms with Crippen LogP contribution in [0, 0.1) is 17.3 Å². The minimum absolute atomic E-state index is 0.0516. The molecule has 0 radical (unpaired) electrons. The smallest absolute Gasteiger partial charge is 0.312 e. The van der Waals surface area contributed by atoms with Crippen LogP contribution in [0.3, 0.4) is 0 Å². The monoisotopic (exact) mass is 280 g/mol. The first-order valence-electron chi connectivity index (χ1n) is 8.04. The fraction of sp³-hybridized carbons (Fsp3) is 0.938. The van der Waals surface area contributed by atoms with Gasteiger partial charge in [0.2, 0.25) is 11.6 Å². The second-order valence-corrected chi connectivity index (χ2v) is 7.38. The number of epoxide rings is 2. The topological polar surface area (TPSA) is 51.4 Å². The fourth-order valence-electron chi connectivity index (χ4n) is 4.77. The first-order valence-corrected chi connectivity index (χ1v) is 8.04. The summed E-state index contributed by atoms with van der Waals surface area (Å²) >= 11 is 0. The van der Waals surface area contributed by atoms with Crippen LogP contribution in [-0.2, 0) is 19.0 Å². The van der Waals surface area contributed by atoms with E-state index in [0.717, 1.165) is 25.2 Å². The summed E-state index contributed by atoms with van der Waals surface area (Å²) in [4.78, 5) is 12.5. The Hall–Kier alpha value is -0.610. The largest absolute Gasteiger partial charge is 0.469 e. The first-order chi connectivity index (χ1) is 9.55. The number of rotatable bonds is 3. The minimum Gasteiger partial charge on any atom is -0.469 e. The van der Waals surface area contributed by atoms with Crippen molar-refractivity contribution in [1.29, 1.82) is 0 Å². The molecule has 112 valence electrons. The lowest BCUT2D eigenvalue weighted by molar-refractivity contribution is -0.158. The summed E-state index contributed by atoms with van der Waals surface area (Å²) in [7, 11) is 1.51. The lowest BCUT2D eigenvalue weighted by Crippen LogP contribution is -2.40. The molecule has 2 saturated carbocycles. The van der Waals surface area contributed by atoms with Gasteiger partial charge in [-0.1, -0.05) is 32.6 Å². The molecule has 2 aliphatic carbocycles. The molecule has 4 heteroatoms. The Morgan fingerprint density at radius 2 is 1.95 bits per heavy atom. The molecule has 3 atom stereocenters. The molecule has 4 aliphatic rings. The summed E-state index contributed by atoms with van der Waals surface area (Å²) in [5.41, 5.74) is -0.373. The van der Waals surface area contributed by atoms with E-state index in [1.54, 1.807) is 0 Å². The molecule has 0 aromatic carbocycles. The SMILES string of the molecule is COC(=O)C1(CC2CCCCC2C)CCC23OC2(C1)O3. The molecule has 0 spiro atoms. The van der Waals surface area contributed by atoms with Crippen molar-refractivity contribution < 1.29 is 19.0 Å². The van der Waals surface area contributed by atoms with E-state index >= 15 is 0 Å². The molecule has 4 rings (SSSR count). The van der Waals surface area contributed by atoms with Crippen molar-refractivity contribution in [1.82, 2.24) is 0 Å². The van der Waals surface area contributed by atoms with Crippen LogP contribution in [0.15, 0.2) is 0 Å². The van der Waals surface area contributed by atoms with Gasteiger partial charge in [0, 0.05) is 12.8 Å². The average molecular weight is 280 g/mol. The summed E-state index contributed by atoms with van der Waals surface area (Å²) in [6.07, 6.45) is 8.54. The summed E-state index contributed by atoms with van der Waals surface area (Å²) in [6.45, 7) is 2.33. The normalized spacial score (nSPS) is 52.7. The third-order valence-corrected chi connectivity index (χ3v) is 6.22. The molecule has 0 aromatic rings. The summed E-state index contributed by atoms with van der Waals surface area (Å²) in [5.74, 6) is 0.614. The van der Waals surface area contributed by atoms with Crippen LogP contribution >= 0.6 is 0 Å². The lowest BCUT2D eigenvalue weighted by Gasteiger charge is -2.38. The quantitative estimate of drug-likeness (QED) is 0.589. The summed E-state index contributed by atoms with van der Waals surface area (Å²) in [6, 6.07) is 0. The third kappa shape index (κ3) is 1.64. The van der Waals surface area contributed by atoms with Crippen LogP contribution in [0.4, 0.5) is 0 Å². The second kappa shape index (κ2) is 3.98. The predicted molar refractivity (Wildman–Crippen MR) is 71.7 cm³/mol. The summed E-state index contributed by atoms with van der Waals surface area (Å²) in [5, 5.41) is 0. The second-order valence-electron chi connectivity index (χ2n) is 7.38. The van der Waals surface area contributed by atoms with Gasteiger partial charge >= 0.3 is 5.97 Å². The number of esters is 1. The number of carbonyl (C=O) groups is 1. The van der Waals surface area contributed by atoms with Crippen molar-refractivity contribution in [3.05, 3.63) is 0 Å². The number of hydrogen-bond acceptors (Lipinski definition) is 4. The first kappa shape index (κ1) is 13.1. The Labute approximate surface area is 120 Å². The highest BCUT2D eigenvalue weighted by Gasteiger charge is 2.93. The van der Waals surface area contributed by atoms with E-state index in [1.807, 2.05) is 0 Å². The third-order valence-electron chi connectivity index (χ3n) is 6.22. The molecule has 0 N–H and O–H groups in total. The van der Waals surface area contributed by atoms with Crippen molar-refractivity contribution in [2.45, 2.75) is 69.9 Å². The van der Waals surface area contributed by atoms with Gasteiger partial charge in [-0.3, -0.25) is 4.79 Å². The molecular weight excluding hydrogens is 256 g/mol. The molecule has 2 saturated heterocycles. The number of hydrogen-bond donors (Lipinski definition) is 0. The van der Waals surface area contributed by atoms with Crippen molar-refractivity contribution >= 4 is 5.97 Å². The molecular formula is C16H24O4. The zero-order chi connectivity index (χ0) is 14.0. The van der Waals surface area contributed by atoms with Gasteiger partial charge in [0.15, 0.2) is 0 Å². The van der Waals surface area contributed by atoms with Crippen LogP contribution in [0.2, 0.25) is 0 Å². The number of methoxy groups -OCH3 is 1. The van der Waals surface area contributed by atoms with Crippen LogP contribution in [-0.4, -0.2) is 24.7 Å². The van der Waals surface area contributed by atoms with Gasteiger partial charge < -0.3 is 14.2 Å². The Morgan fingerprint density at radius 3 is 2.60 bits per heavy atom. The van der Waals surface area contributed by atoms with Crippen LogP contribution < -0.4 is 0 Å². The van der Waals surface area contributed by atoms with Gasteiger partial charge in [0.05, 0.1) is 12.5 Å². The zero-order valence-corrected chi connectivity index (χ0v) is 12.4. The van der Waals surface area contributed by atoms with Gasteiger partial charge in [-0.2, -0.15) is 0 Å². The molecule has 0 amide bonds. The molecule has 2 heterocycles. The van der Waals surface area contributed by atoms with Gasteiger partial charge in [-0.25, -0.2) is 0 Å². The van der Waals surface area contributed by atoms with E-state index in [0.29, 0.717) is 12.3 Å². The highest BCUT2D eigenvalue weighted by Crippen LogP contribution is 2.77. The Balaban J connectivity index is 1.54. The van der Waals surface area contributed by atoms with Crippen LogP contribution in [0.5, 0.6) is 0 Å². The molecule has 3 unspecified atom stereocenters. The maximum absolute atomic E-state index is 12.5. The molecule has 2 aliphatic heterocycles. The van der Waals surface area contributed by atoms with E-state index in [4.69, 9.17) is 14.2 Å². The van der Waals surface area contributed by atoms with E-state index in [2.05, 4.69) is 6.92 Å². The molecule has 4 fully saturated rings. The highest BCUT2D eigenvalue weighted by atomic mass is 17.0. The minimum atomic E-state index is -0.405. The number of ether oxygens (including phenoxy) is 3. The van der Waals surface area contributed by atoms with Gasteiger partial charge in [0.25, 0.3) is 0 Å². The summed E-state index contributed by atoms with van der Waals surface area (Å²) < 4.78 is 16.5. The maximum atomic E-state index is 12.5. The van der Waals surface area contributed by atoms with E-state index in [9.17, 15) is 4.79 Å². The van der Waals surface area contributed by atoms with Crippen LogP contribution in [0.1, 0.15) is 58.3 Å². The molecule has 0 aromatic heterocycles. The Bertz CT molecular complexity index is 440. The van der Waals surface area contributed by atoms with Gasteiger partial charge in [0.1, 0.15) is 0 Å². The van der Waals surface area contributed by atoms with Crippen molar-refractivity contribution in [3.63, 3.8) is 0 Å². The predicted octanol–water partition coefficient (Wildman–Crippen LogP) is 3.00. The van der Waals surface area contributed by atoms with Gasteiger partial charge in [-0.05, 0) is 24.7 Å². The van der Waals surface area contributed by atoms with Crippen molar-refractivity contribution in [2.24, 2.45) is 17.3 Å². The van der Waals surface area contributed by atoms with Crippen LogP contribution in [0.25, 0.3) is 0 Å². The molecule has 4 nitrogen and oxygen atoms in total. The van der Waals surface area contributed by atoms with E-state index in [1.165, 1.54) is 32.8 Å². The maximum Gasteiger partial charge on any atom is 0.312 e. The molecule has 20 heavy (non-hydrogen) atoms. The highest BCUT2D eigenvalue weighted by molar-refractivity contribution is 5.77. The van der Waals surface area contributed by atoms with E-state index in [-0.39, 0.29) is 17.2 Å². The van der Waals surface area contributed by atoms with Crippen molar-refractivity contribution in [3.8, 4) is 0 Å². The zero-order valence-electron chi connectivity index (χ0n) is 12.4. The van der Waals surface area contributed by atoms with Crippen molar-refractivity contribution in [2.75, 3.05) is 7.11 Å². The number of carbonyl (C=O) groups excluding carboxylic acids is 1. The Kier molecular flexibility index (Phi) is 2.60. The fourth-order valence-corrected chi connectivity index (χ4v) is 4.77. The Morgan fingerprint density at radius 1 is 1.20 bits per heavy atom. The lowest BCUT2D eigenvalue weighted by atomic mass is 9.64. The van der Waals surface area contributed by atoms with E-state index < -0.39 is 5.79 Å². The average Bonchev–Trinajstić information content (AvgIpc) is 3.26.